The lowest BCUT2D eigenvalue weighted by molar-refractivity contribution is -0.122. The minimum Gasteiger partial charge on any atom is -0.494 e. The van der Waals surface area contributed by atoms with Gasteiger partial charge in [-0.05, 0) is 75.4 Å². The fraction of sp³-hybridized carbons (Fsp3) is 0.515. The smallest absolute Gasteiger partial charge is 0.410 e. The number of ether oxygens (including phenoxy) is 2. The summed E-state index contributed by atoms with van der Waals surface area (Å²) >= 11 is 0. The molecule has 2 atom stereocenters. The summed E-state index contributed by atoms with van der Waals surface area (Å²) in [7, 11) is 1.35. The highest BCUT2D eigenvalue weighted by Gasteiger charge is 2.37. The molecule has 1 aliphatic rings. The van der Waals surface area contributed by atoms with E-state index in [1.165, 1.54) is 29.9 Å². The lowest BCUT2D eigenvalue weighted by atomic mass is 9.92. The molecular weight excluding hydrogens is 565 g/mol. The van der Waals surface area contributed by atoms with Crippen molar-refractivity contribution in [2.75, 3.05) is 31.6 Å². The second-order valence-electron chi connectivity index (χ2n) is 13.8. The average molecular weight is 610 g/mol. The second-order valence-corrected chi connectivity index (χ2v) is 13.8. The lowest BCUT2D eigenvalue weighted by Gasteiger charge is -2.33. The zero-order valence-electron chi connectivity index (χ0n) is 27.1. The van der Waals surface area contributed by atoms with E-state index in [1.54, 1.807) is 30.9 Å². The summed E-state index contributed by atoms with van der Waals surface area (Å²) in [6, 6.07) is 8.43. The number of primary amides is 1. The van der Waals surface area contributed by atoms with Crippen LogP contribution in [0.5, 0.6) is 5.75 Å². The van der Waals surface area contributed by atoms with Gasteiger partial charge in [-0.2, -0.15) is 0 Å². The van der Waals surface area contributed by atoms with E-state index in [1.807, 2.05) is 33.8 Å². The van der Waals surface area contributed by atoms with Crippen molar-refractivity contribution >= 4 is 28.6 Å². The SMILES string of the molecule is COc1cc(-c2nc3ccc(N4CC(C)N(C(=O)OC(C)(C)C)CC(C)(C)C4)cc3c(=O)n2C(C(N)=O)C(C)C)ccc1F. The Bertz CT molecular complexity index is 1630. The van der Waals surface area contributed by atoms with E-state index >= 15 is 0 Å². The Kier molecular flexibility index (Phi) is 9.00. The number of aromatic nitrogens is 2. The van der Waals surface area contributed by atoms with E-state index in [4.69, 9.17) is 20.2 Å². The molecule has 0 bridgehead atoms. The van der Waals surface area contributed by atoms with E-state index in [2.05, 4.69) is 18.7 Å². The Balaban J connectivity index is 1.86. The van der Waals surface area contributed by atoms with Gasteiger partial charge >= 0.3 is 6.09 Å². The van der Waals surface area contributed by atoms with Crippen LogP contribution in [0.3, 0.4) is 0 Å². The maximum absolute atomic E-state index is 14.3. The number of hydrogen-bond acceptors (Lipinski definition) is 7. The normalized spacial score (nSPS) is 17.8. The summed E-state index contributed by atoms with van der Waals surface area (Å²) in [5, 5.41) is 0.311. The molecule has 238 valence electrons. The predicted octanol–water partition coefficient (Wildman–Crippen LogP) is 5.37. The molecule has 2 heterocycles. The molecule has 4 rings (SSSR count). The topological polar surface area (TPSA) is 120 Å². The van der Waals surface area contributed by atoms with Crippen LogP contribution >= 0.6 is 0 Å². The van der Waals surface area contributed by atoms with Crippen molar-refractivity contribution in [3.8, 4) is 17.1 Å². The molecule has 1 aromatic heterocycles. The minimum atomic E-state index is -1.01. The van der Waals surface area contributed by atoms with Crippen molar-refractivity contribution in [1.82, 2.24) is 14.5 Å². The van der Waals surface area contributed by atoms with Crippen LogP contribution in [0.2, 0.25) is 0 Å². The number of nitrogens with zero attached hydrogens (tertiary/aromatic N) is 4. The van der Waals surface area contributed by atoms with Crippen LogP contribution in [-0.2, 0) is 9.53 Å². The third-order valence-electron chi connectivity index (χ3n) is 7.72. The zero-order valence-corrected chi connectivity index (χ0v) is 27.1. The fourth-order valence-electron chi connectivity index (χ4n) is 5.83. The molecule has 0 spiro atoms. The summed E-state index contributed by atoms with van der Waals surface area (Å²) < 4.78 is 26.5. The second kappa shape index (κ2) is 12.1. The molecule has 0 aliphatic carbocycles. The molecule has 1 aliphatic heterocycles. The Hall–Kier alpha value is -4.15. The van der Waals surface area contributed by atoms with E-state index in [-0.39, 0.29) is 35.0 Å². The van der Waals surface area contributed by atoms with Gasteiger partial charge in [-0.1, -0.05) is 27.7 Å². The van der Waals surface area contributed by atoms with Gasteiger partial charge in [-0.15, -0.1) is 0 Å². The number of benzene rings is 2. The number of carbonyl (C=O) groups excluding carboxylic acids is 2. The number of hydrogen-bond donors (Lipinski definition) is 1. The minimum absolute atomic E-state index is 0.0164. The molecule has 2 N–H and O–H groups in total. The maximum Gasteiger partial charge on any atom is 0.410 e. The largest absolute Gasteiger partial charge is 0.494 e. The highest BCUT2D eigenvalue weighted by molar-refractivity contribution is 5.85. The van der Waals surface area contributed by atoms with Gasteiger partial charge in [-0.3, -0.25) is 14.2 Å². The molecule has 3 aromatic rings. The molecule has 2 unspecified atom stereocenters. The first-order chi connectivity index (χ1) is 20.4. The molecule has 44 heavy (non-hydrogen) atoms. The third kappa shape index (κ3) is 6.81. The van der Waals surface area contributed by atoms with Crippen LogP contribution in [0.4, 0.5) is 14.9 Å². The number of rotatable bonds is 6. The van der Waals surface area contributed by atoms with Crippen molar-refractivity contribution in [3.63, 3.8) is 0 Å². The summed E-state index contributed by atoms with van der Waals surface area (Å²) in [5.41, 5.74) is 6.08. The fourth-order valence-corrected chi connectivity index (χ4v) is 5.83. The zero-order chi connectivity index (χ0) is 32.7. The number of anilines is 1. The van der Waals surface area contributed by atoms with Crippen LogP contribution in [0, 0.1) is 17.2 Å². The highest BCUT2D eigenvalue weighted by atomic mass is 19.1. The van der Waals surface area contributed by atoms with E-state index in [0.29, 0.717) is 36.1 Å². The number of nitrogens with two attached hydrogens (primary N) is 1. The molecule has 0 saturated carbocycles. The molecule has 1 fully saturated rings. The molecular formula is C33H44FN5O5. The third-order valence-corrected chi connectivity index (χ3v) is 7.72. The molecule has 2 amide bonds. The Labute approximate surface area is 257 Å². The van der Waals surface area contributed by atoms with Crippen LogP contribution < -0.4 is 20.9 Å². The van der Waals surface area contributed by atoms with E-state index in [9.17, 15) is 18.8 Å². The Morgan fingerprint density at radius 3 is 2.39 bits per heavy atom. The van der Waals surface area contributed by atoms with Crippen molar-refractivity contribution < 1.29 is 23.5 Å². The summed E-state index contributed by atoms with van der Waals surface area (Å²) in [5.74, 6) is -1.41. The van der Waals surface area contributed by atoms with Gasteiger partial charge in [0.15, 0.2) is 11.6 Å². The quantitative estimate of drug-likeness (QED) is 0.399. The standard InChI is InChI=1S/C33H44FN5O5/c1-19(2)27(28(35)40)39-29(21-10-12-24(34)26(14-21)43-9)36-25-13-11-22(15-23(25)30(39)41)37-16-20(3)38(18-33(7,8)17-37)31(42)44-32(4,5)6/h10-15,19-20,27H,16-18H2,1-9H3,(H2,35,40). The van der Waals surface area contributed by atoms with Crippen LogP contribution in [0.1, 0.15) is 61.4 Å². The lowest BCUT2D eigenvalue weighted by Crippen LogP contribution is -2.46. The van der Waals surface area contributed by atoms with E-state index in [0.717, 1.165) is 5.69 Å². The van der Waals surface area contributed by atoms with Crippen LogP contribution in [-0.4, -0.2) is 64.8 Å². The van der Waals surface area contributed by atoms with Gasteiger partial charge in [0.25, 0.3) is 5.56 Å². The summed E-state index contributed by atoms with van der Waals surface area (Å²) in [6.07, 6.45) is -0.360. The number of amides is 2. The summed E-state index contributed by atoms with van der Waals surface area (Å²) in [6.45, 7) is 16.9. The Morgan fingerprint density at radius 2 is 1.80 bits per heavy atom. The van der Waals surface area contributed by atoms with Crippen LogP contribution in [0.25, 0.3) is 22.3 Å². The molecule has 10 nitrogen and oxygen atoms in total. The molecule has 0 radical (unpaired) electrons. The van der Waals surface area contributed by atoms with Crippen molar-refractivity contribution in [1.29, 1.82) is 0 Å². The maximum atomic E-state index is 14.3. The first kappa shape index (κ1) is 32.8. The molecule has 2 aromatic carbocycles. The monoisotopic (exact) mass is 609 g/mol. The molecule has 1 saturated heterocycles. The number of fused-ring (bicyclic) bond motifs is 1. The van der Waals surface area contributed by atoms with Crippen LogP contribution in [0.15, 0.2) is 41.2 Å². The van der Waals surface area contributed by atoms with Crippen molar-refractivity contribution in [2.45, 2.75) is 73.1 Å². The van der Waals surface area contributed by atoms with Crippen molar-refractivity contribution in [2.24, 2.45) is 17.1 Å². The first-order valence-electron chi connectivity index (χ1n) is 14.9. The number of carbonyl (C=O) groups is 2. The summed E-state index contributed by atoms with van der Waals surface area (Å²) in [4.78, 5) is 48.9. The van der Waals surface area contributed by atoms with Gasteiger partial charge in [0, 0.05) is 36.9 Å². The van der Waals surface area contributed by atoms with Gasteiger partial charge in [0.05, 0.1) is 18.0 Å². The van der Waals surface area contributed by atoms with Crippen molar-refractivity contribution in [3.05, 3.63) is 52.6 Å². The highest BCUT2D eigenvalue weighted by Crippen LogP contribution is 2.33. The first-order valence-corrected chi connectivity index (χ1v) is 14.9. The number of halogens is 1. The van der Waals surface area contributed by atoms with Gasteiger partial charge in [0.1, 0.15) is 17.5 Å². The van der Waals surface area contributed by atoms with Gasteiger partial charge < -0.3 is 25.0 Å². The van der Waals surface area contributed by atoms with E-state index < -0.39 is 28.9 Å². The molecule has 11 heteroatoms. The number of methoxy groups -OCH3 is 1. The predicted molar refractivity (Wildman–Crippen MR) is 169 cm³/mol. The Morgan fingerprint density at radius 1 is 1.11 bits per heavy atom. The van der Waals surface area contributed by atoms with Gasteiger partial charge in [0.2, 0.25) is 5.91 Å². The van der Waals surface area contributed by atoms with Gasteiger partial charge in [-0.25, -0.2) is 14.2 Å². The average Bonchev–Trinajstić information content (AvgIpc) is 3.03.